The summed E-state index contributed by atoms with van der Waals surface area (Å²) >= 11 is 0. The molecule has 0 saturated carbocycles. The third-order valence-corrected chi connectivity index (χ3v) is 3.87. The van der Waals surface area contributed by atoms with E-state index in [0.717, 1.165) is 23.1 Å². The van der Waals surface area contributed by atoms with Crippen LogP contribution in [-0.2, 0) is 6.54 Å². The van der Waals surface area contributed by atoms with Crippen molar-refractivity contribution in [3.63, 3.8) is 0 Å². The molecule has 2 rings (SSSR count). The van der Waals surface area contributed by atoms with E-state index in [4.69, 9.17) is 0 Å². The van der Waals surface area contributed by atoms with E-state index in [0.29, 0.717) is 6.42 Å². The summed E-state index contributed by atoms with van der Waals surface area (Å²) in [6.45, 7) is 3.58. The second kappa shape index (κ2) is 7.09. The maximum absolute atomic E-state index is 13.0. The van der Waals surface area contributed by atoms with Gasteiger partial charge in [0.1, 0.15) is 17.4 Å². The summed E-state index contributed by atoms with van der Waals surface area (Å²) < 4.78 is 14.1. The Hall–Kier alpha value is -2.94. The minimum absolute atomic E-state index is 0.103. The van der Waals surface area contributed by atoms with Gasteiger partial charge < -0.3 is 5.11 Å². The van der Waals surface area contributed by atoms with Gasteiger partial charge in [0.25, 0.3) is 5.56 Å². The zero-order valence-corrected chi connectivity index (χ0v) is 13.5. The molecule has 1 N–H and O–H groups in total. The van der Waals surface area contributed by atoms with Crippen molar-refractivity contribution in [1.29, 1.82) is 5.26 Å². The van der Waals surface area contributed by atoms with E-state index in [1.807, 2.05) is 6.92 Å². The number of rotatable bonds is 5. The molecule has 6 heteroatoms. The number of unbranched alkanes of at least 4 members (excludes halogenated alkanes) is 1. The molecule has 124 valence electrons. The second-order valence-electron chi connectivity index (χ2n) is 5.46. The molecule has 0 aliphatic heterocycles. The van der Waals surface area contributed by atoms with E-state index in [1.165, 1.54) is 19.1 Å². The minimum atomic E-state index is -0.614. The Kier molecular flexibility index (Phi) is 5.14. The van der Waals surface area contributed by atoms with Crippen LogP contribution in [0.5, 0.6) is 5.88 Å². The largest absolute Gasteiger partial charge is 0.494 e. The molecule has 0 spiro atoms. The van der Waals surface area contributed by atoms with Crippen LogP contribution in [0, 0.1) is 24.1 Å². The molecular weight excluding hydrogens is 311 g/mol. The van der Waals surface area contributed by atoms with Gasteiger partial charge >= 0.3 is 0 Å². The molecular formula is C18H17FN2O3. The summed E-state index contributed by atoms with van der Waals surface area (Å²) in [5, 5.41) is 19.7. The van der Waals surface area contributed by atoms with E-state index >= 15 is 0 Å². The summed E-state index contributed by atoms with van der Waals surface area (Å²) in [4.78, 5) is 25.0. The lowest BCUT2D eigenvalue weighted by Crippen LogP contribution is -2.26. The zero-order chi connectivity index (χ0) is 17.9. The first-order valence-electron chi connectivity index (χ1n) is 7.59. The number of ketones is 1. The highest BCUT2D eigenvalue weighted by Gasteiger charge is 2.24. The highest BCUT2D eigenvalue weighted by Crippen LogP contribution is 2.25. The van der Waals surface area contributed by atoms with Crippen LogP contribution in [0.15, 0.2) is 29.1 Å². The number of carbonyl (C=O) groups excluding carboxylic acids is 1. The fourth-order valence-corrected chi connectivity index (χ4v) is 2.49. The minimum Gasteiger partial charge on any atom is -0.494 e. The first-order valence-corrected chi connectivity index (χ1v) is 7.59. The molecule has 0 atom stereocenters. The lowest BCUT2D eigenvalue weighted by atomic mass is 9.97. The third-order valence-electron chi connectivity index (χ3n) is 3.87. The van der Waals surface area contributed by atoms with Gasteiger partial charge in [0.15, 0.2) is 5.78 Å². The number of hydrogen-bond donors (Lipinski definition) is 1. The summed E-state index contributed by atoms with van der Waals surface area (Å²) in [6, 6.07) is 6.67. The van der Waals surface area contributed by atoms with Crippen LogP contribution in [-0.4, -0.2) is 15.5 Å². The first kappa shape index (κ1) is 17.4. The standard InChI is InChI=1S/C18H17FN2O3/c1-3-4-9-21-17(23)14(10-20)11(2)15(18(21)24)16(22)12-5-7-13(19)8-6-12/h5-8,24H,3-4,9H2,1-2H3. The molecule has 0 aliphatic carbocycles. The number of nitrogens with zero attached hydrogens (tertiary/aromatic N) is 2. The molecule has 0 aliphatic rings. The topological polar surface area (TPSA) is 83.1 Å². The van der Waals surface area contributed by atoms with Crippen LogP contribution in [0.2, 0.25) is 0 Å². The number of pyridine rings is 1. The predicted molar refractivity (Wildman–Crippen MR) is 86.6 cm³/mol. The number of halogens is 1. The average molecular weight is 328 g/mol. The molecule has 0 unspecified atom stereocenters. The monoisotopic (exact) mass is 328 g/mol. The number of aromatic nitrogens is 1. The van der Waals surface area contributed by atoms with Crippen LogP contribution < -0.4 is 5.56 Å². The molecule has 1 aromatic carbocycles. The summed E-state index contributed by atoms with van der Waals surface area (Å²) in [5.74, 6) is -1.51. The lowest BCUT2D eigenvalue weighted by Gasteiger charge is -2.15. The first-order chi connectivity index (χ1) is 11.4. The molecule has 2 aromatic rings. The van der Waals surface area contributed by atoms with Gasteiger partial charge in [-0.15, -0.1) is 0 Å². The Morgan fingerprint density at radius 3 is 2.50 bits per heavy atom. The fraction of sp³-hybridized carbons (Fsp3) is 0.278. The van der Waals surface area contributed by atoms with E-state index < -0.39 is 23.0 Å². The molecule has 1 aromatic heterocycles. The van der Waals surface area contributed by atoms with Crippen molar-refractivity contribution in [3.8, 4) is 11.9 Å². The van der Waals surface area contributed by atoms with Crippen LogP contribution >= 0.6 is 0 Å². The van der Waals surface area contributed by atoms with E-state index in [9.17, 15) is 24.3 Å². The third kappa shape index (κ3) is 3.06. The van der Waals surface area contributed by atoms with Crippen molar-refractivity contribution in [2.75, 3.05) is 0 Å². The number of nitriles is 1. The van der Waals surface area contributed by atoms with Crippen molar-refractivity contribution in [3.05, 3.63) is 62.7 Å². The number of benzene rings is 1. The van der Waals surface area contributed by atoms with Gasteiger partial charge in [0.2, 0.25) is 5.88 Å². The highest BCUT2D eigenvalue weighted by atomic mass is 19.1. The molecule has 0 fully saturated rings. The normalized spacial score (nSPS) is 10.4. The SMILES string of the molecule is CCCCn1c(O)c(C(=O)c2ccc(F)cc2)c(C)c(C#N)c1=O. The smallest absolute Gasteiger partial charge is 0.271 e. The van der Waals surface area contributed by atoms with E-state index in [-0.39, 0.29) is 28.8 Å². The van der Waals surface area contributed by atoms with Crippen LogP contribution in [0.3, 0.4) is 0 Å². The van der Waals surface area contributed by atoms with Crippen LogP contribution in [0.4, 0.5) is 4.39 Å². The number of hydrogen-bond acceptors (Lipinski definition) is 4. The Balaban J connectivity index is 2.69. The average Bonchev–Trinajstić information content (AvgIpc) is 2.55. The summed E-state index contributed by atoms with van der Waals surface area (Å²) in [6.07, 6.45) is 1.40. The lowest BCUT2D eigenvalue weighted by molar-refractivity contribution is 0.103. The van der Waals surface area contributed by atoms with Crippen molar-refractivity contribution in [1.82, 2.24) is 4.57 Å². The maximum atomic E-state index is 13.0. The van der Waals surface area contributed by atoms with Crippen molar-refractivity contribution in [2.45, 2.75) is 33.2 Å². The van der Waals surface area contributed by atoms with Crippen molar-refractivity contribution >= 4 is 5.78 Å². The fourth-order valence-electron chi connectivity index (χ4n) is 2.49. The van der Waals surface area contributed by atoms with Gasteiger partial charge in [-0.25, -0.2) is 4.39 Å². The Labute approximate surface area is 138 Å². The van der Waals surface area contributed by atoms with Crippen LogP contribution in [0.25, 0.3) is 0 Å². The summed E-state index contributed by atoms with van der Waals surface area (Å²) in [5.41, 5.74) is -0.596. The summed E-state index contributed by atoms with van der Waals surface area (Å²) in [7, 11) is 0. The quantitative estimate of drug-likeness (QED) is 0.856. The van der Waals surface area contributed by atoms with Crippen molar-refractivity contribution in [2.24, 2.45) is 0 Å². The van der Waals surface area contributed by atoms with E-state index in [2.05, 4.69) is 0 Å². The highest BCUT2D eigenvalue weighted by molar-refractivity contribution is 6.11. The van der Waals surface area contributed by atoms with E-state index in [1.54, 1.807) is 6.07 Å². The zero-order valence-electron chi connectivity index (χ0n) is 13.5. The predicted octanol–water partition coefficient (Wildman–Crippen LogP) is 2.90. The molecule has 0 saturated heterocycles. The molecule has 0 radical (unpaired) electrons. The Bertz CT molecular complexity index is 877. The maximum Gasteiger partial charge on any atom is 0.271 e. The van der Waals surface area contributed by atoms with Gasteiger partial charge in [-0.1, -0.05) is 13.3 Å². The number of carbonyl (C=O) groups is 1. The Morgan fingerprint density at radius 2 is 1.96 bits per heavy atom. The molecule has 24 heavy (non-hydrogen) atoms. The molecule has 0 bridgehead atoms. The van der Waals surface area contributed by atoms with Gasteiger partial charge in [-0.2, -0.15) is 5.26 Å². The molecule has 5 nitrogen and oxygen atoms in total. The Morgan fingerprint density at radius 1 is 1.33 bits per heavy atom. The second-order valence-corrected chi connectivity index (χ2v) is 5.46. The van der Waals surface area contributed by atoms with Gasteiger partial charge in [0.05, 0.1) is 5.56 Å². The molecule has 1 heterocycles. The van der Waals surface area contributed by atoms with Gasteiger partial charge in [-0.05, 0) is 43.2 Å². The van der Waals surface area contributed by atoms with Crippen molar-refractivity contribution < 1.29 is 14.3 Å². The number of aromatic hydroxyl groups is 1. The van der Waals surface area contributed by atoms with Crippen LogP contribution in [0.1, 0.15) is 46.8 Å². The van der Waals surface area contributed by atoms with Gasteiger partial charge in [-0.3, -0.25) is 14.2 Å². The van der Waals surface area contributed by atoms with Gasteiger partial charge in [0, 0.05) is 12.1 Å². The molecule has 0 amide bonds.